The smallest absolute Gasteiger partial charge is 0.302 e. The van der Waals surface area contributed by atoms with Crippen molar-refractivity contribution in [3.63, 3.8) is 0 Å². The number of hydrogen-bond donors (Lipinski definition) is 0. The highest BCUT2D eigenvalue weighted by Crippen LogP contribution is 2.10. The Morgan fingerprint density at radius 1 is 0.658 bits per heavy atom. The lowest BCUT2D eigenvalue weighted by Gasteiger charge is -2.01. The first kappa shape index (κ1) is 51.9. The molecule has 2 aromatic carbocycles. The zero-order chi connectivity index (χ0) is 26.8. The summed E-state index contributed by atoms with van der Waals surface area (Å²) in [5.41, 5.74) is 3.60. The van der Waals surface area contributed by atoms with Crippen LogP contribution in [0.4, 0.5) is 0 Å². The van der Waals surface area contributed by atoms with Crippen LogP contribution < -0.4 is 4.74 Å². The lowest BCUT2D eigenvalue weighted by Crippen LogP contribution is -1.95. The van der Waals surface area contributed by atoms with Crippen LogP contribution in [0.1, 0.15) is 101 Å². The van der Waals surface area contributed by atoms with Crippen LogP contribution in [0.2, 0.25) is 0 Å². The summed E-state index contributed by atoms with van der Waals surface area (Å²) in [6, 6.07) is 16.1. The SMILES string of the molecule is C.C.C.C.CC(=O)Cc1ccc(C)cc1.CCC.CCOC.CCOC(C)=O.CCOc1ccc(C)cc1. The third-order valence-corrected chi connectivity index (χ3v) is 3.54. The Hall–Kier alpha value is -2.66. The number of carbonyl (C=O) groups excluding carboxylic acids is 2. The highest BCUT2D eigenvalue weighted by Gasteiger charge is 1.95. The van der Waals surface area contributed by atoms with Gasteiger partial charge in [-0.25, -0.2) is 0 Å². The molecule has 0 heterocycles. The number of hydrogen-bond acceptors (Lipinski definition) is 5. The molecule has 0 saturated heterocycles. The quantitative estimate of drug-likeness (QED) is 0.341. The normalized spacial score (nSPS) is 7.74. The molecule has 0 atom stereocenters. The minimum absolute atomic E-state index is 0. The van der Waals surface area contributed by atoms with Gasteiger partial charge in [-0.05, 0) is 59.2 Å². The number of ketones is 1. The van der Waals surface area contributed by atoms with Gasteiger partial charge in [0.2, 0.25) is 0 Å². The van der Waals surface area contributed by atoms with Crippen molar-refractivity contribution in [2.24, 2.45) is 0 Å². The van der Waals surface area contributed by atoms with Crippen molar-refractivity contribution in [3.8, 4) is 5.75 Å². The van der Waals surface area contributed by atoms with Crippen molar-refractivity contribution in [1.82, 2.24) is 0 Å². The molecule has 0 N–H and O–H groups in total. The van der Waals surface area contributed by atoms with E-state index < -0.39 is 0 Å². The van der Waals surface area contributed by atoms with Crippen molar-refractivity contribution >= 4 is 11.8 Å². The van der Waals surface area contributed by atoms with Gasteiger partial charge in [0, 0.05) is 27.1 Å². The van der Waals surface area contributed by atoms with Gasteiger partial charge in [0.25, 0.3) is 0 Å². The van der Waals surface area contributed by atoms with Crippen LogP contribution in [0, 0.1) is 13.8 Å². The molecule has 0 saturated carbocycles. The maximum absolute atomic E-state index is 10.7. The summed E-state index contributed by atoms with van der Waals surface area (Å²) in [5.74, 6) is 0.958. The number of esters is 1. The molecule has 5 nitrogen and oxygen atoms in total. The number of Topliss-reactive ketones (excluding diaryl/α,β-unsaturated/α-hetero) is 1. The summed E-state index contributed by atoms with van der Waals surface area (Å²) >= 11 is 0. The van der Waals surface area contributed by atoms with E-state index >= 15 is 0 Å². The predicted molar refractivity (Wildman–Crippen MR) is 171 cm³/mol. The van der Waals surface area contributed by atoms with Crippen LogP contribution in [-0.4, -0.2) is 38.7 Å². The second kappa shape index (κ2) is 38.9. The van der Waals surface area contributed by atoms with Crippen LogP contribution in [0.15, 0.2) is 48.5 Å². The van der Waals surface area contributed by atoms with Crippen LogP contribution in [-0.2, 0) is 25.5 Å². The van der Waals surface area contributed by atoms with E-state index in [1.807, 2.05) is 69.3 Å². The van der Waals surface area contributed by atoms with Crippen molar-refractivity contribution in [3.05, 3.63) is 65.2 Å². The fourth-order valence-corrected chi connectivity index (χ4v) is 2.00. The number of aryl methyl sites for hydroxylation is 2. The molecule has 38 heavy (non-hydrogen) atoms. The Labute approximate surface area is 238 Å². The topological polar surface area (TPSA) is 61.8 Å². The van der Waals surface area contributed by atoms with Crippen molar-refractivity contribution in [2.75, 3.05) is 26.9 Å². The molecular weight excluding hydrogens is 476 g/mol. The average Bonchev–Trinajstić information content (AvgIpc) is 2.78. The Kier molecular flexibility index (Phi) is 53.1. The van der Waals surface area contributed by atoms with E-state index in [1.54, 1.807) is 21.0 Å². The van der Waals surface area contributed by atoms with Crippen LogP contribution in [0.25, 0.3) is 0 Å². The highest BCUT2D eigenvalue weighted by atomic mass is 16.5. The van der Waals surface area contributed by atoms with Crippen LogP contribution in [0.5, 0.6) is 5.75 Å². The van der Waals surface area contributed by atoms with E-state index in [1.165, 1.54) is 24.5 Å². The summed E-state index contributed by atoms with van der Waals surface area (Å²) < 4.78 is 14.2. The second-order valence-corrected chi connectivity index (χ2v) is 7.32. The number of rotatable bonds is 6. The van der Waals surface area contributed by atoms with E-state index in [2.05, 4.69) is 30.2 Å². The summed E-state index contributed by atoms with van der Waals surface area (Å²) in [4.78, 5) is 20.5. The van der Waals surface area contributed by atoms with E-state index in [-0.39, 0.29) is 41.5 Å². The standard InChI is InChI=1S/C10H12O.C9H12O.C4H8O2.C3H8O.C3H8.4CH4/c1-8-3-5-10(6-4-8)7-9(2)11;1-3-10-9-6-4-8(2)5-7-9;1-3-6-4(2)5;1-3-4-2;1-3-2;;;;/h3-6H,7H2,1-2H3;4-7H,3H2,1-2H3;3H2,1-2H3;3H2,1-2H3;3H2,1-2H3;4*1H4. The summed E-state index contributed by atoms with van der Waals surface area (Å²) in [6.45, 7) is 19.1. The first-order valence-electron chi connectivity index (χ1n) is 12.0. The molecule has 0 unspecified atom stereocenters. The minimum Gasteiger partial charge on any atom is -0.494 e. The molecule has 0 bridgehead atoms. The molecule has 2 rings (SSSR count). The van der Waals surface area contributed by atoms with Gasteiger partial charge in [0.1, 0.15) is 11.5 Å². The lowest BCUT2D eigenvalue weighted by molar-refractivity contribution is -0.140. The predicted octanol–water partition coefficient (Wildman–Crippen LogP) is 9.70. The Balaban J connectivity index is -0.0000000661. The monoisotopic (exact) mass is 540 g/mol. The minimum atomic E-state index is -0.211. The van der Waals surface area contributed by atoms with Gasteiger partial charge in [0.05, 0.1) is 13.2 Å². The van der Waals surface area contributed by atoms with Gasteiger partial charge >= 0.3 is 5.97 Å². The molecule has 0 aromatic heterocycles. The fourth-order valence-electron chi connectivity index (χ4n) is 2.00. The maximum Gasteiger partial charge on any atom is 0.302 e. The Morgan fingerprint density at radius 2 is 1.03 bits per heavy atom. The largest absolute Gasteiger partial charge is 0.494 e. The Bertz CT molecular complexity index is 705. The van der Waals surface area contributed by atoms with E-state index in [0.717, 1.165) is 24.5 Å². The third kappa shape index (κ3) is 43.4. The second-order valence-electron chi connectivity index (χ2n) is 7.32. The van der Waals surface area contributed by atoms with Gasteiger partial charge in [-0.2, -0.15) is 0 Å². The van der Waals surface area contributed by atoms with Crippen LogP contribution in [0.3, 0.4) is 0 Å². The zero-order valence-corrected chi connectivity index (χ0v) is 23.2. The number of methoxy groups -OCH3 is 1. The summed E-state index contributed by atoms with van der Waals surface area (Å²) in [6.07, 6.45) is 1.81. The van der Waals surface area contributed by atoms with Crippen molar-refractivity contribution < 1.29 is 23.8 Å². The molecule has 0 radical (unpaired) electrons. The first-order chi connectivity index (χ1) is 16.1. The summed E-state index contributed by atoms with van der Waals surface area (Å²) in [5, 5.41) is 0. The van der Waals surface area contributed by atoms with Gasteiger partial charge < -0.3 is 14.2 Å². The number of benzene rings is 2. The van der Waals surface area contributed by atoms with E-state index in [4.69, 9.17) is 4.74 Å². The van der Waals surface area contributed by atoms with Gasteiger partial charge in [-0.1, -0.05) is 97.5 Å². The van der Waals surface area contributed by atoms with E-state index in [0.29, 0.717) is 13.0 Å². The molecule has 226 valence electrons. The van der Waals surface area contributed by atoms with Gasteiger partial charge in [-0.15, -0.1) is 0 Å². The van der Waals surface area contributed by atoms with Crippen molar-refractivity contribution in [1.29, 1.82) is 0 Å². The zero-order valence-electron chi connectivity index (χ0n) is 23.2. The van der Waals surface area contributed by atoms with Gasteiger partial charge in [0.15, 0.2) is 0 Å². The molecule has 0 spiro atoms. The maximum atomic E-state index is 10.7. The molecule has 0 aliphatic rings. The van der Waals surface area contributed by atoms with Crippen LogP contribution >= 0.6 is 0 Å². The molecule has 5 heteroatoms. The molecule has 0 aliphatic heterocycles. The first-order valence-corrected chi connectivity index (χ1v) is 12.0. The van der Waals surface area contributed by atoms with Crippen molar-refractivity contribution in [2.45, 2.75) is 105 Å². The summed E-state index contributed by atoms with van der Waals surface area (Å²) in [7, 11) is 1.68. The van der Waals surface area contributed by atoms with Gasteiger partial charge in [-0.3, -0.25) is 9.59 Å². The Morgan fingerprint density at radius 3 is 1.26 bits per heavy atom. The molecule has 0 aliphatic carbocycles. The molecule has 0 fully saturated rings. The molecule has 2 aromatic rings. The lowest BCUT2D eigenvalue weighted by atomic mass is 10.1. The highest BCUT2D eigenvalue weighted by molar-refractivity contribution is 5.78. The molecular formula is C33H64O5. The number of carbonyl (C=O) groups is 2. The van der Waals surface area contributed by atoms with E-state index in [9.17, 15) is 9.59 Å². The average molecular weight is 541 g/mol. The number of ether oxygens (including phenoxy) is 3. The fraction of sp³-hybridized carbons (Fsp3) is 0.576. The third-order valence-electron chi connectivity index (χ3n) is 3.54. The molecule has 0 amide bonds.